The molecule has 0 spiro atoms. The van der Waals surface area contributed by atoms with E-state index in [1.807, 2.05) is 26.0 Å². The van der Waals surface area contributed by atoms with Gasteiger partial charge in [0.2, 0.25) is 0 Å². The van der Waals surface area contributed by atoms with Crippen LogP contribution >= 0.6 is 23.2 Å². The fraction of sp³-hybridized carbons (Fsp3) is 0.250. The Bertz CT molecular complexity index is 613. The highest BCUT2D eigenvalue weighted by atomic mass is 35.5. The molecule has 2 rings (SSSR count). The van der Waals surface area contributed by atoms with Crippen molar-refractivity contribution in [3.63, 3.8) is 0 Å². The van der Waals surface area contributed by atoms with Crippen LogP contribution in [0, 0.1) is 12.7 Å². The van der Waals surface area contributed by atoms with Crippen molar-refractivity contribution < 1.29 is 4.39 Å². The molecule has 106 valence electrons. The molecule has 1 nitrogen and oxygen atoms in total. The van der Waals surface area contributed by atoms with Gasteiger partial charge in [-0.25, -0.2) is 4.39 Å². The summed E-state index contributed by atoms with van der Waals surface area (Å²) in [6, 6.07) is 10.4. The minimum atomic E-state index is -0.240. The Kier molecular flexibility index (Phi) is 5.03. The fourth-order valence-electron chi connectivity index (χ4n) is 2.17. The third kappa shape index (κ3) is 3.32. The number of rotatable bonds is 4. The first-order chi connectivity index (χ1) is 9.52. The van der Waals surface area contributed by atoms with Crippen LogP contribution in [0.15, 0.2) is 36.4 Å². The molecule has 4 heteroatoms. The van der Waals surface area contributed by atoms with Crippen LogP contribution in [-0.2, 0) is 0 Å². The Hall–Kier alpha value is -1.09. The molecule has 1 N–H and O–H groups in total. The molecule has 1 unspecified atom stereocenters. The monoisotopic (exact) mass is 311 g/mol. The Labute approximate surface area is 128 Å². The van der Waals surface area contributed by atoms with Gasteiger partial charge >= 0.3 is 0 Å². The highest BCUT2D eigenvalue weighted by Crippen LogP contribution is 2.30. The van der Waals surface area contributed by atoms with Crippen LogP contribution in [0.4, 0.5) is 4.39 Å². The lowest BCUT2D eigenvalue weighted by Gasteiger charge is -2.20. The van der Waals surface area contributed by atoms with E-state index in [1.54, 1.807) is 18.2 Å². The van der Waals surface area contributed by atoms with Crippen LogP contribution in [0.1, 0.15) is 29.7 Å². The fourth-order valence-corrected chi connectivity index (χ4v) is 2.48. The van der Waals surface area contributed by atoms with Gasteiger partial charge in [0, 0.05) is 5.56 Å². The lowest BCUT2D eigenvalue weighted by molar-refractivity contribution is 0.558. The zero-order valence-electron chi connectivity index (χ0n) is 11.4. The van der Waals surface area contributed by atoms with E-state index in [-0.39, 0.29) is 11.9 Å². The first kappa shape index (κ1) is 15.3. The number of aryl methyl sites for hydroxylation is 1. The molecule has 0 saturated heterocycles. The molecule has 1 atom stereocenters. The predicted molar refractivity (Wildman–Crippen MR) is 83.1 cm³/mol. The molecule has 0 aliphatic rings. The SMILES string of the molecule is CCNC(c1ccc(Cl)c(Cl)c1)c1ccc(C)cc1F. The molecule has 0 aromatic heterocycles. The van der Waals surface area contributed by atoms with E-state index in [2.05, 4.69) is 5.32 Å². The number of nitrogens with one attached hydrogen (secondary N) is 1. The van der Waals surface area contributed by atoms with Crippen LogP contribution in [-0.4, -0.2) is 6.54 Å². The van der Waals surface area contributed by atoms with E-state index >= 15 is 0 Å². The van der Waals surface area contributed by atoms with Crippen LogP contribution in [0.5, 0.6) is 0 Å². The van der Waals surface area contributed by atoms with Crippen LogP contribution in [0.25, 0.3) is 0 Å². The van der Waals surface area contributed by atoms with Crippen molar-refractivity contribution in [2.75, 3.05) is 6.54 Å². The summed E-state index contributed by atoms with van der Waals surface area (Å²) in [6.45, 7) is 4.57. The lowest BCUT2D eigenvalue weighted by Crippen LogP contribution is -2.23. The van der Waals surface area contributed by atoms with Gasteiger partial charge in [-0.2, -0.15) is 0 Å². The maximum atomic E-state index is 14.2. The van der Waals surface area contributed by atoms with Gasteiger partial charge in [-0.05, 0) is 42.8 Å². The van der Waals surface area contributed by atoms with E-state index in [4.69, 9.17) is 23.2 Å². The Balaban J connectivity index is 2.47. The molecule has 0 saturated carbocycles. The second-order valence-electron chi connectivity index (χ2n) is 4.69. The Morgan fingerprint density at radius 3 is 2.45 bits per heavy atom. The van der Waals surface area contributed by atoms with E-state index < -0.39 is 0 Å². The molecule has 0 aliphatic carbocycles. The van der Waals surface area contributed by atoms with Crippen molar-refractivity contribution in [3.8, 4) is 0 Å². The number of hydrogen-bond acceptors (Lipinski definition) is 1. The third-order valence-electron chi connectivity index (χ3n) is 3.15. The summed E-state index contributed by atoms with van der Waals surface area (Å²) >= 11 is 12.0. The zero-order chi connectivity index (χ0) is 14.7. The summed E-state index contributed by atoms with van der Waals surface area (Å²) in [5, 5.41) is 4.25. The summed E-state index contributed by atoms with van der Waals surface area (Å²) in [4.78, 5) is 0. The van der Waals surface area contributed by atoms with Gasteiger partial charge in [0.1, 0.15) is 5.82 Å². The Morgan fingerprint density at radius 1 is 1.10 bits per heavy atom. The van der Waals surface area contributed by atoms with Crippen molar-refractivity contribution in [2.45, 2.75) is 19.9 Å². The molecule has 0 heterocycles. The van der Waals surface area contributed by atoms with Crippen molar-refractivity contribution in [3.05, 3.63) is 69.0 Å². The minimum absolute atomic E-state index is 0.220. The largest absolute Gasteiger partial charge is 0.306 e. The van der Waals surface area contributed by atoms with Crippen LogP contribution in [0.2, 0.25) is 10.0 Å². The standard InChI is InChI=1S/C16H16Cl2FN/c1-3-20-16(11-5-7-13(17)14(18)9-11)12-6-4-10(2)8-15(12)19/h4-9,16,20H,3H2,1-2H3. The summed E-state index contributed by atoms with van der Waals surface area (Å²) in [7, 11) is 0. The highest BCUT2D eigenvalue weighted by molar-refractivity contribution is 6.42. The summed E-state index contributed by atoms with van der Waals surface area (Å²) in [5.74, 6) is -0.220. The molecule has 0 fully saturated rings. The average Bonchev–Trinajstić information content (AvgIpc) is 2.40. The first-order valence-electron chi connectivity index (χ1n) is 6.47. The molecule has 20 heavy (non-hydrogen) atoms. The van der Waals surface area contributed by atoms with Crippen LogP contribution in [0.3, 0.4) is 0 Å². The smallest absolute Gasteiger partial charge is 0.128 e. The predicted octanol–water partition coefficient (Wildman–Crippen LogP) is 5.14. The van der Waals surface area contributed by atoms with Crippen molar-refractivity contribution in [1.82, 2.24) is 5.32 Å². The molecule has 0 radical (unpaired) electrons. The van der Waals surface area contributed by atoms with Crippen molar-refractivity contribution in [2.24, 2.45) is 0 Å². The molecule has 2 aromatic rings. The molecule has 2 aromatic carbocycles. The molecular weight excluding hydrogens is 296 g/mol. The topological polar surface area (TPSA) is 12.0 Å². The summed E-state index contributed by atoms with van der Waals surface area (Å²) in [5.41, 5.74) is 2.40. The second-order valence-corrected chi connectivity index (χ2v) is 5.50. The average molecular weight is 312 g/mol. The Morgan fingerprint density at radius 2 is 1.85 bits per heavy atom. The second kappa shape index (κ2) is 6.57. The summed E-state index contributed by atoms with van der Waals surface area (Å²) in [6.07, 6.45) is 0. The number of hydrogen-bond donors (Lipinski definition) is 1. The highest BCUT2D eigenvalue weighted by Gasteiger charge is 2.17. The van der Waals surface area contributed by atoms with Crippen LogP contribution < -0.4 is 5.32 Å². The van der Waals surface area contributed by atoms with Gasteiger partial charge in [0.05, 0.1) is 16.1 Å². The van der Waals surface area contributed by atoms with Gasteiger partial charge in [-0.15, -0.1) is 0 Å². The number of benzene rings is 2. The van der Waals surface area contributed by atoms with E-state index in [1.165, 1.54) is 6.07 Å². The molecule has 0 amide bonds. The maximum absolute atomic E-state index is 14.2. The molecular formula is C16H16Cl2FN. The third-order valence-corrected chi connectivity index (χ3v) is 3.89. The maximum Gasteiger partial charge on any atom is 0.128 e. The molecule has 0 bridgehead atoms. The lowest BCUT2D eigenvalue weighted by atomic mass is 9.97. The zero-order valence-corrected chi connectivity index (χ0v) is 12.9. The first-order valence-corrected chi connectivity index (χ1v) is 7.23. The van der Waals surface area contributed by atoms with Gasteiger partial charge in [0.25, 0.3) is 0 Å². The van der Waals surface area contributed by atoms with Crippen molar-refractivity contribution >= 4 is 23.2 Å². The van der Waals surface area contributed by atoms with E-state index in [9.17, 15) is 4.39 Å². The molecule has 0 aliphatic heterocycles. The summed E-state index contributed by atoms with van der Waals surface area (Å²) < 4.78 is 14.2. The van der Waals surface area contributed by atoms with E-state index in [0.29, 0.717) is 15.6 Å². The minimum Gasteiger partial charge on any atom is -0.306 e. The van der Waals surface area contributed by atoms with E-state index in [0.717, 1.165) is 17.7 Å². The van der Waals surface area contributed by atoms with Gasteiger partial charge in [-0.3, -0.25) is 0 Å². The van der Waals surface area contributed by atoms with Gasteiger partial charge < -0.3 is 5.32 Å². The van der Waals surface area contributed by atoms with Gasteiger partial charge in [-0.1, -0.05) is 48.3 Å². The normalized spacial score (nSPS) is 12.4. The van der Waals surface area contributed by atoms with Crippen molar-refractivity contribution in [1.29, 1.82) is 0 Å². The quantitative estimate of drug-likeness (QED) is 0.824. The number of halogens is 3. The van der Waals surface area contributed by atoms with Gasteiger partial charge in [0.15, 0.2) is 0 Å².